The number of amides is 2. The lowest BCUT2D eigenvalue weighted by Crippen LogP contribution is -2.45. The van der Waals surface area contributed by atoms with Crippen LogP contribution in [0.5, 0.6) is 0 Å². The van der Waals surface area contributed by atoms with Crippen LogP contribution in [-0.4, -0.2) is 44.3 Å². The number of ether oxygens (including phenoxy) is 1. The van der Waals surface area contributed by atoms with Gasteiger partial charge in [0.05, 0.1) is 5.75 Å². The second-order valence-electron chi connectivity index (χ2n) is 7.94. The third kappa shape index (κ3) is 8.38. The molecule has 35 heavy (non-hydrogen) atoms. The van der Waals surface area contributed by atoms with Crippen molar-refractivity contribution >= 4 is 33.3 Å². The number of carbonyl (C=O) groups is 3. The van der Waals surface area contributed by atoms with Crippen molar-refractivity contribution in [2.45, 2.75) is 19.1 Å². The number of carbonyl (C=O) groups excluding carboxylic acids is 3. The van der Waals surface area contributed by atoms with E-state index in [1.807, 2.05) is 12.1 Å². The largest absolute Gasteiger partial charge is 0.445 e. The Bertz CT molecular complexity index is 1280. The molecule has 3 rings (SSSR count). The smallest absolute Gasteiger partial charge is 0.408 e. The predicted molar refractivity (Wildman–Crippen MR) is 133 cm³/mol. The summed E-state index contributed by atoms with van der Waals surface area (Å²) in [5.74, 6) is -1.15. The second kappa shape index (κ2) is 11.9. The summed E-state index contributed by atoms with van der Waals surface area (Å²) in [6, 6.07) is 22.9. The number of benzene rings is 3. The molecule has 0 spiro atoms. The molecule has 3 aromatic carbocycles. The fraction of sp³-hybridized carbons (Fsp3) is 0.192. The van der Waals surface area contributed by atoms with Crippen LogP contribution in [0.4, 0.5) is 10.5 Å². The van der Waals surface area contributed by atoms with Crippen LogP contribution >= 0.6 is 0 Å². The van der Waals surface area contributed by atoms with Crippen LogP contribution in [0, 0.1) is 0 Å². The molecule has 0 bridgehead atoms. The molecule has 0 saturated carbocycles. The lowest BCUT2D eigenvalue weighted by Gasteiger charge is -2.18. The number of rotatable bonds is 10. The van der Waals surface area contributed by atoms with Crippen LogP contribution in [0.15, 0.2) is 84.9 Å². The number of hydrogen-bond acceptors (Lipinski definition) is 6. The topological polar surface area (TPSA) is 119 Å². The quantitative estimate of drug-likeness (QED) is 0.416. The van der Waals surface area contributed by atoms with Gasteiger partial charge in [-0.3, -0.25) is 9.59 Å². The standard InChI is InChI=1S/C26H26N2O6S/c1-35(32,33)16-15-23(28-26(31)34-18-19-9-4-2-5-10-19)25(30)27-22-14-8-13-21(17-22)24(29)20-11-6-3-7-12-20/h2-14,17,23H,15-16,18H2,1H3,(H,27,30)(H,28,31). The molecule has 1 unspecified atom stereocenters. The Balaban J connectivity index is 1.68. The Morgan fingerprint density at radius 1 is 0.857 bits per heavy atom. The number of hydrogen-bond donors (Lipinski definition) is 2. The lowest BCUT2D eigenvalue weighted by molar-refractivity contribution is -0.118. The highest BCUT2D eigenvalue weighted by atomic mass is 32.2. The van der Waals surface area contributed by atoms with Crippen LogP contribution in [0.3, 0.4) is 0 Å². The van der Waals surface area contributed by atoms with Crippen molar-refractivity contribution in [3.05, 3.63) is 102 Å². The Hall–Kier alpha value is -3.98. The van der Waals surface area contributed by atoms with Gasteiger partial charge in [0.15, 0.2) is 5.78 Å². The molecule has 0 heterocycles. The molecule has 0 fully saturated rings. The van der Waals surface area contributed by atoms with Crippen LogP contribution in [-0.2, 0) is 26.0 Å². The Labute approximate surface area is 204 Å². The lowest BCUT2D eigenvalue weighted by atomic mass is 10.0. The van der Waals surface area contributed by atoms with Gasteiger partial charge >= 0.3 is 6.09 Å². The molecule has 8 nitrogen and oxygen atoms in total. The zero-order chi connectivity index (χ0) is 25.3. The molecule has 0 radical (unpaired) electrons. The summed E-state index contributed by atoms with van der Waals surface area (Å²) in [6.45, 7) is -0.00324. The van der Waals surface area contributed by atoms with E-state index in [0.717, 1.165) is 11.8 Å². The summed E-state index contributed by atoms with van der Waals surface area (Å²) in [4.78, 5) is 37.9. The molecule has 0 aliphatic rings. The van der Waals surface area contributed by atoms with Crippen molar-refractivity contribution in [2.75, 3.05) is 17.3 Å². The molecule has 0 aliphatic carbocycles. The molecule has 182 valence electrons. The molecule has 3 aromatic rings. The third-order valence-corrected chi connectivity index (χ3v) is 6.00. The number of ketones is 1. The summed E-state index contributed by atoms with van der Waals surface area (Å²) >= 11 is 0. The molecule has 2 amide bonds. The highest BCUT2D eigenvalue weighted by Crippen LogP contribution is 2.16. The minimum atomic E-state index is -3.38. The van der Waals surface area contributed by atoms with Crippen molar-refractivity contribution in [1.29, 1.82) is 0 Å². The number of alkyl carbamates (subject to hydrolysis) is 1. The van der Waals surface area contributed by atoms with Crippen LogP contribution < -0.4 is 10.6 Å². The van der Waals surface area contributed by atoms with E-state index >= 15 is 0 Å². The summed E-state index contributed by atoms with van der Waals surface area (Å²) in [5, 5.41) is 5.09. The minimum Gasteiger partial charge on any atom is -0.445 e. The van der Waals surface area contributed by atoms with Gasteiger partial charge in [0.1, 0.15) is 22.5 Å². The van der Waals surface area contributed by atoms with E-state index in [0.29, 0.717) is 16.8 Å². The maximum absolute atomic E-state index is 12.9. The van der Waals surface area contributed by atoms with E-state index < -0.39 is 27.9 Å². The fourth-order valence-electron chi connectivity index (χ4n) is 3.23. The average molecular weight is 495 g/mol. The predicted octanol–water partition coefficient (Wildman–Crippen LogP) is 3.59. The first-order valence-corrected chi connectivity index (χ1v) is 12.9. The third-order valence-electron chi connectivity index (χ3n) is 5.03. The van der Waals surface area contributed by atoms with Gasteiger partial charge in [-0.05, 0) is 24.1 Å². The van der Waals surface area contributed by atoms with Crippen molar-refractivity contribution in [3.8, 4) is 0 Å². The second-order valence-corrected chi connectivity index (χ2v) is 10.2. The Morgan fingerprint density at radius 3 is 2.14 bits per heavy atom. The van der Waals surface area contributed by atoms with Crippen molar-refractivity contribution < 1.29 is 27.5 Å². The Kier molecular flexibility index (Phi) is 8.74. The van der Waals surface area contributed by atoms with Crippen LogP contribution in [0.25, 0.3) is 0 Å². The number of sulfone groups is 1. The maximum Gasteiger partial charge on any atom is 0.408 e. The summed E-state index contributed by atoms with van der Waals surface area (Å²) in [7, 11) is -3.38. The monoisotopic (exact) mass is 494 g/mol. The van der Waals surface area contributed by atoms with Crippen molar-refractivity contribution in [3.63, 3.8) is 0 Å². The van der Waals surface area contributed by atoms with Gasteiger partial charge in [0.25, 0.3) is 0 Å². The van der Waals surface area contributed by atoms with Crippen LogP contribution in [0.2, 0.25) is 0 Å². The molecule has 2 N–H and O–H groups in total. The first kappa shape index (κ1) is 25.6. The first-order valence-electron chi connectivity index (χ1n) is 10.9. The van der Waals surface area contributed by atoms with Gasteiger partial charge < -0.3 is 15.4 Å². The van der Waals surface area contributed by atoms with E-state index in [9.17, 15) is 22.8 Å². The van der Waals surface area contributed by atoms with Crippen LogP contribution in [0.1, 0.15) is 27.9 Å². The van der Waals surface area contributed by atoms with E-state index in [-0.39, 0.29) is 24.6 Å². The molecular weight excluding hydrogens is 468 g/mol. The van der Waals surface area contributed by atoms with Gasteiger partial charge in [-0.1, -0.05) is 72.8 Å². The Morgan fingerprint density at radius 2 is 1.49 bits per heavy atom. The van der Waals surface area contributed by atoms with Crippen molar-refractivity contribution in [1.82, 2.24) is 5.32 Å². The normalized spacial score (nSPS) is 11.8. The van der Waals surface area contributed by atoms with E-state index in [4.69, 9.17) is 4.74 Å². The fourth-order valence-corrected chi connectivity index (χ4v) is 3.90. The SMILES string of the molecule is CS(=O)(=O)CCC(NC(=O)OCc1ccccc1)C(=O)Nc1cccc(C(=O)c2ccccc2)c1. The summed E-state index contributed by atoms with van der Waals surface area (Å²) < 4.78 is 28.5. The molecule has 0 aromatic heterocycles. The highest BCUT2D eigenvalue weighted by Gasteiger charge is 2.23. The number of anilines is 1. The molecular formula is C26H26N2O6S. The van der Waals surface area contributed by atoms with Gasteiger partial charge in [-0.25, -0.2) is 13.2 Å². The minimum absolute atomic E-state index is 0.00324. The van der Waals surface area contributed by atoms with Gasteiger partial charge in [0, 0.05) is 23.1 Å². The van der Waals surface area contributed by atoms with E-state index in [1.165, 1.54) is 6.07 Å². The molecule has 0 saturated heterocycles. The van der Waals surface area contributed by atoms with E-state index in [2.05, 4.69) is 10.6 Å². The molecule has 1 atom stereocenters. The number of nitrogens with one attached hydrogen (secondary N) is 2. The zero-order valence-corrected chi connectivity index (χ0v) is 20.0. The van der Waals surface area contributed by atoms with Crippen molar-refractivity contribution in [2.24, 2.45) is 0 Å². The van der Waals surface area contributed by atoms with Gasteiger partial charge in [-0.2, -0.15) is 0 Å². The summed E-state index contributed by atoms with van der Waals surface area (Å²) in [6.07, 6.45) is 0.0535. The van der Waals surface area contributed by atoms with Gasteiger partial charge in [0.2, 0.25) is 5.91 Å². The molecule has 9 heteroatoms. The average Bonchev–Trinajstić information content (AvgIpc) is 2.85. The highest BCUT2D eigenvalue weighted by molar-refractivity contribution is 7.90. The molecule has 0 aliphatic heterocycles. The first-order chi connectivity index (χ1) is 16.7. The van der Waals surface area contributed by atoms with Gasteiger partial charge in [-0.15, -0.1) is 0 Å². The zero-order valence-electron chi connectivity index (χ0n) is 19.1. The van der Waals surface area contributed by atoms with E-state index in [1.54, 1.807) is 66.7 Å². The maximum atomic E-state index is 12.9. The summed E-state index contributed by atoms with van der Waals surface area (Å²) in [5.41, 5.74) is 1.97.